The number of aryl methyl sites for hydroxylation is 4. The van der Waals surface area contributed by atoms with E-state index in [1.807, 2.05) is 24.3 Å². The van der Waals surface area contributed by atoms with Crippen LogP contribution in [0.25, 0.3) is 5.57 Å². The molecular weight excluding hydrogens is 856 g/mol. The Morgan fingerprint density at radius 1 is 0.534 bits per heavy atom. The van der Waals surface area contributed by atoms with Gasteiger partial charge < -0.3 is 9.80 Å². The van der Waals surface area contributed by atoms with Crippen LogP contribution in [0.5, 0.6) is 0 Å². The van der Waals surface area contributed by atoms with Gasteiger partial charge in [0.2, 0.25) is 0 Å². The molecule has 0 aromatic heterocycles. The fourth-order valence-corrected chi connectivity index (χ4v) is 18.1. The van der Waals surface area contributed by atoms with Crippen molar-refractivity contribution in [2.45, 2.75) is 141 Å². The molecule has 2 nitrogen and oxygen atoms in total. The molecule has 0 radical (unpaired) electrons. The second-order valence-corrected chi connectivity index (χ2v) is 26.8. The van der Waals surface area contributed by atoms with Gasteiger partial charge in [-0.25, -0.2) is 0 Å². The van der Waals surface area contributed by atoms with E-state index in [0.29, 0.717) is 0 Å². The normalized spacial score (nSPS) is 19.3. The first-order valence-electron chi connectivity index (χ1n) is 22.4. The van der Waals surface area contributed by atoms with Crippen LogP contribution in [0.15, 0.2) is 97.1 Å². The van der Waals surface area contributed by atoms with E-state index >= 15 is 0 Å². The van der Waals surface area contributed by atoms with E-state index in [2.05, 4.69) is 117 Å². The minimum absolute atomic E-state index is 0.0465. The molecule has 58 heavy (non-hydrogen) atoms. The maximum absolute atomic E-state index is 6.19. The van der Waals surface area contributed by atoms with E-state index in [-0.39, 0.29) is 7.92 Å². The molecule has 9 rings (SSSR count). The van der Waals surface area contributed by atoms with Crippen molar-refractivity contribution in [2.24, 2.45) is 0 Å². The van der Waals surface area contributed by atoms with Crippen LogP contribution in [0.1, 0.15) is 135 Å². The molecule has 3 saturated carbocycles. The van der Waals surface area contributed by atoms with Gasteiger partial charge in [0.1, 0.15) is 0 Å². The molecular formula is C52H67Cl2N2PRu. The third kappa shape index (κ3) is 11.2. The van der Waals surface area contributed by atoms with Crippen LogP contribution < -0.4 is 9.80 Å². The van der Waals surface area contributed by atoms with Crippen molar-refractivity contribution < 1.29 is 13.5 Å². The van der Waals surface area contributed by atoms with Crippen LogP contribution in [-0.4, -0.2) is 34.2 Å². The quantitative estimate of drug-likeness (QED) is 0.108. The Hall–Kier alpha value is -2.28. The summed E-state index contributed by atoms with van der Waals surface area (Å²) in [6, 6.07) is 32.0. The summed E-state index contributed by atoms with van der Waals surface area (Å²) in [6.45, 7) is 13.0. The molecule has 1 saturated heterocycles. The van der Waals surface area contributed by atoms with E-state index < -0.39 is 13.5 Å². The van der Waals surface area contributed by atoms with Crippen LogP contribution in [-0.2, 0) is 13.5 Å². The first-order valence-corrected chi connectivity index (χ1v) is 29.5. The Labute approximate surface area is 366 Å². The van der Waals surface area contributed by atoms with Gasteiger partial charge in [0.25, 0.3) is 0 Å². The molecule has 4 aromatic rings. The zero-order valence-electron chi connectivity index (χ0n) is 35.6. The van der Waals surface area contributed by atoms with Gasteiger partial charge in [-0.2, -0.15) is 6.67 Å². The fraction of sp³-hybridized carbons (Fsp3) is 0.462. The number of rotatable bonds is 6. The number of hydrogen-bond acceptors (Lipinski definition) is 2. The number of allylic oxidation sites excluding steroid dienone is 1. The van der Waals surface area contributed by atoms with Crippen LogP contribution in [0.4, 0.5) is 11.4 Å². The van der Waals surface area contributed by atoms with Crippen molar-refractivity contribution in [1.82, 2.24) is 0 Å². The molecule has 0 bridgehead atoms. The Balaban J connectivity index is 0.000000133. The van der Waals surface area contributed by atoms with Gasteiger partial charge in [0, 0.05) is 32.4 Å². The third-order valence-electron chi connectivity index (χ3n) is 13.4. The van der Waals surface area contributed by atoms with Crippen LogP contribution in [0, 0.1) is 34.4 Å². The van der Waals surface area contributed by atoms with Crippen molar-refractivity contribution in [1.29, 1.82) is 0 Å². The molecule has 5 aliphatic rings. The second-order valence-electron chi connectivity index (χ2n) is 17.6. The summed E-state index contributed by atoms with van der Waals surface area (Å²) in [5.74, 6) is 0. The minimum atomic E-state index is -1.88. The van der Waals surface area contributed by atoms with Crippen molar-refractivity contribution in [3.05, 3.63) is 143 Å². The van der Waals surface area contributed by atoms with Crippen LogP contribution in [0.2, 0.25) is 0 Å². The molecule has 0 atom stereocenters. The predicted octanol–water partition coefficient (Wildman–Crippen LogP) is 15.1. The summed E-state index contributed by atoms with van der Waals surface area (Å²) in [5.41, 5.74) is 16.5. The van der Waals surface area contributed by atoms with Gasteiger partial charge in [0.05, 0.1) is 17.0 Å². The summed E-state index contributed by atoms with van der Waals surface area (Å²) < 4.78 is 1.12. The molecule has 4 aromatic carbocycles. The molecule has 0 spiro atoms. The summed E-state index contributed by atoms with van der Waals surface area (Å²) in [4.78, 5) is 4.73. The van der Waals surface area contributed by atoms with Gasteiger partial charge in [-0.15, -0.1) is 0 Å². The topological polar surface area (TPSA) is 6.48 Å². The van der Waals surface area contributed by atoms with Gasteiger partial charge in [-0.3, -0.25) is 0 Å². The van der Waals surface area contributed by atoms with Crippen molar-refractivity contribution >= 4 is 48.4 Å². The maximum atomic E-state index is 6.19. The summed E-state index contributed by atoms with van der Waals surface area (Å²) in [6.07, 6.45) is 25.9. The molecule has 0 N–H and O–H groups in total. The van der Waals surface area contributed by atoms with Crippen molar-refractivity contribution in [3.63, 3.8) is 0 Å². The number of anilines is 2. The number of halogens is 2. The Morgan fingerprint density at radius 3 is 1.41 bits per heavy atom. The van der Waals surface area contributed by atoms with E-state index in [0.717, 1.165) is 17.2 Å². The number of hydrogen-bond donors (Lipinski definition) is 0. The van der Waals surface area contributed by atoms with E-state index in [9.17, 15) is 0 Å². The molecule has 1 heterocycles. The number of benzene rings is 4. The van der Waals surface area contributed by atoms with Gasteiger partial charge >= 0.3 is 120 Å². The summed E-state index contributed by atoms with van der Waals surface area (Å²) in [7, 11) is 12.3. The molecule has 1 aliphatic heterocycles. The van der Waals surface area contributed by atoms with E-state index in [1.54, 1.807) is 96.3 Å². The predicted molar refractivity (Wildman–Crippen MR) is 256 cm³/mol. The van der Waals surface area contributed by atoms with Crippen LogP contribution >= 0.6 is 27.3 Å². The Kier molecular flexibility index (Phi) is 16.2. The zero-order valence-corrected chi connectivity index (χ0v) is 39.8. The Morgan fingerprint density at radius 2 is 0.966 bits per heavy atom. The molecule has 0 unspecified atom stereocenters. The summed E-state index contributed by atoms with van der Waals surface area (Å²) in [5, 5.41) is 0. The van der Waals surface area contributed by atoms with Gasteiger partial charge in [-0.05, 0) is 139 Å². The van der Waals surface area contributed by atoms with E-state index in [4.69, 9.17) is 19.4 Å². The average molecular weight is 923 g/mol. The second kappa shape index (κ2) is 21.5. The third-order valence-corrected chi connectivity index (χ3v) is 21.1. The zero-order chi connectivity index (χ0) is 40.4. The van der Waals surface area contributed by atoms with Crippen molar-refractivity contribution in [3.8, 4) is 0 Å². The van der Waals surface area contributed by atoms with Crippen molar-refractivity contribution in [2.75, 3.05) is 22.9 Å². The monoisotopic (exact) mass is 922 g/mol. The Bertz CT molecular complexity index is 1900. The number of nitrogens with zero attached hydrogens (tertiary/aromatic N) is 2. The standard InChI is InChI=1S/C19H23N2.C18H33P.C15H10.2ClH.Ru/c1-14-5-7-16(3)18(11-14)20-9-10-21(13-20)19-12-15(2)6-8-17(19)4;1-4-10-16(11-5-1)19(17-12-6-2-7-13-17)18-14-8-3-9-15-18;1-2-6-12(7-3-1)15-11-10-13-8-4-5-9-14(13)15;;;/h5-8,11-13H,9-10H2,1-4H3;16-18H,1-15H2;1-9,11H;2*1H;/q-1;;;;;+2/p-1. The molecule has 0 amide bonds. The summed E-state index contributed by atoms with van der Waals surface area (Å²) >= 11 is -1.88. The van der Waals surface area contributed by atoms with E-state index in [1.165, 1.54) is 72.9 Å². The average Bonchev–Trinajstić information content (AvgIpc) is 3.91. The molecule has 312 valence electrons. The van der Waals surface area contributed by atoms with Crippen LogP contribution in [0.3, 0.4) is 0 Å². The molecule has 4 fully saturated rings. The van der Waals surface area contributed by atoms with Gasteiger partial charge in [0.15, 0.2) is 0 Å². The first kappa shape index (κ1) is 43.8. The molecule has 6 heteroatoms. The first-order chi connectivity index (χ1) is 28.3. The number of fused-ring (bicyclic) bond motifs is 1. The van der Waals surface area contributed by atoms with Gasteiger partial charge in [-0.1, -0.05) is 43.5 Å². The SMILES string of the molecule is C1CCC([PH+](C2CCCCC2)C2CCCCC2)CC1.Cc1ccc(C)c(N2[CH-]N(c3cc(C)ccc3C)CC2)c1.[Cl][Ru]([Cl])=[C]1C=C(c2ccccc2)c2ccccc21. The fourth-order valence-electron chi connectivity index (χ4n) is 10.4. The molecule has 4 aliphatic carbocycles.